The van der Waals surface area contributed by atoms with Crippen molar-refractivity contribution in [1.82, 2.24) is 10.2 Å². The lowest BCUT2D eigenvalue weighted by Crippen LogP contribution is -2.49. The third-order valence-electron chi connectivity index (χ3n) is 4.36. The Morgan fingerprint density at radius 1 is 1.28 bits per heavy atom. The number of methoxy groups -OCH3 is 1. The molecule has 1 saturated heterocycles. The van der Waals surface area contributed by atoms with E-state index in [4.69, 9.17) is 4.74 Å². The van der Waals surface area contributed by atoms with Crippen molar-refractivity contribution >= 4 is 18.3 Å². The van der Waals surface area contributed by atoms with Gasteiger partial charge < -0.3 is 15.0 Å². The van der Waals surface area contributed by atoms with Crippen LogP contribution in [0.3, 0.4) is 0 Å². The standard InChI is InChI=1S/C19H21FN2O2.ClH/c1-13-7-8-14(16(20)11-13)19(23)22-10-9-21-12-17(22)15-5-3-4-6-18(15)24-2;/h3-8,11,17,21H,9-10,12H2,1-2H3;1H. The summed E-state index contributed by atoms with van der Waals surface area (Å²) in [6, 6.07) is 12.2. The van der Waals surface area contributed by atoms with Gasteiger partial charge in [-0.25, -0.2) is 4.39 Å². The van der Waals surface area contributed by atoms with Gasteiger partial charge in [0, 0.05) is 25.2 Å². The van der Waals surface area contributed by atoms with Crippen LogP contribution in [0.25, 0.3) is 0 Å². The number of amides is 1. The number of carbonyl (C=O) groups excluding carboxylic acids is 1. The fourth-order valence-corrected chi connectivity index (χ4v) is 3.12. The van der Waals surface area contributed by atoms with Crippen molar-refractivity contribution in [2.45, 2.75) is 13.0 Å². The quantitative estimate of drug-likeness (QED) is 0.908. The van der Waals surface area contributed by atoms with Crippen LogP contribution in [0.4, 0.5) is 4.39 Å². The molecule has 134 valence electrons. The maximum atomic E-state index is 14.2. The Morgan fingerprint density at radius 2 is 2.04 bits per heavy atom. The Morgan fingerprint density at radius 3 is 2.76 bits per heavy atom. The van der Waals surface area contributed by atoms with Gasteiger partial charge in [0.05, 0.1) is 18.7 Å². The summed E-state index contributed by atoms with van der Waals surface area (Å²) in [6.07, 6.45) is 0. The van der Waals surface area contributed by atoms with Crippen molar-refractivity contribution in [3.8, 4) is 5.75 Å². The van der Waals surface area contributed by atoms with E-state index in [1.807, 2.05) is 24.3 Å². The summed E-state index contributed by atoms with van der Waals surface area (Å²) >= 11 is 0. The van der Waals surface area contributed by atoms with Gasteiger partial charge in [0.25, 0.3) is 5.91 Å². The number of piperazine rings is 1. The molecule has 1 unspecified atom stereocenters. The van der Waals surface area contributed by atoms with Crippen LogP contribution in [0, 0.1) is 12.7 Å². The van der Waals surface area contributed by atoms with E-state index >= 15 is 0 Å². The minimum absolute atomic E-state index is 0. The third-order valence-corrected chi connectivity index (χ3v) is 4.36. The summed E-state index contributed by atoms with van der Waals surface area (Å²) in [5.41, 5.74) is 1.83. The SMILES string of the molecule is COc1ccccc1C1CNCCN1C(=O)c1ccc(C)cc1F.Cl. The maximum Gasteiger partial charge on any atom is 0.257 e. The average molecular weight is 365 g/mol. The van der Waals surface area contributed by atoms with E-state index in [1.165, 1.54) is 6.07 Å². The van der Waals surface area contributed by atoms with Gasteiger partial charge in [0.15, 0.2) is 0 Å². The van der Waals surface area contributed by atoms with Gasteiger partial charge in [0.1, 0.15) is 11.6 Å². The molecule has 1 aliphatic heterocycles. The molecule has 1 aliphatic rings. The fraction of sp³-hybridized carbons (Fsp3) is 0.316. The van der Waals surface area contributed by atoms with Crippen LogP contribution >= 0.6 is 12.4 Å². The number of para-hydroxylation sites is 1. The molecule has 0 saturated carbocycles. The first-order valence-electron chi connectivity index (χ1n) is 8.02. The molecule has 25 heavy (non-hydrogen) atoms. The number of ether oxygens (including phenoxy) is 1. The van der Waals surface area contributed by atoms with Gasteiger partial charge in [-0.2, -0.15) is 0 Å². The second-order valence-corrected chi connectivity index (χ2v) is 5.94. The maximum absolute atomic E-state index is 14.2. The number of rotatable bonds is 3. The van der Waals surface area contributed by atoms with Gasteiger partial charge in [-0.15, -0.1) is 12.4 Å². The normalized spacial score (nSPS) is 16.9. The highest BCUT2D eigenvalue weighted by Gasteiger charge is 2.31. The number of halogens is 2. The van der Waals surface area contributed by atoms with Crippen molar-refractivity contribution in [3.05, 3.63) is 65.0 Å². The van der Waals surface area contributed by atoms with E-state index in [1.54, 1.807) is 31.1 Å². The highest BCUT2D eigenvalue weighted by molar-refractivity contribution is 5.95. The molecule has 3 rings (SSSR count). The highest BCUT2D eigenvalue weighted by atomic mass is 35.5. The van der Waals surface area contributed by atoms with Crippen LogP contribution in [0.5, 0.6) is 5.75 Å². The van der Waals surface area contributed by atoms with Gasteiger partial charge in [0.2, 0.25) is 0 Å². The fourth-order valence-electron chi connectivity index (χ4n) is 3.12. The van der Waals surface area contributed by atoms with Gasteiger partial charge >= 0.3 is 0 Å². The number of benzene rings is 2. The van der Waals surface area contributed by atoms with E-state index in [0.29, 0.717) is 19.6 Å². The molecule has 0 radical (unpaired) electrons. The largest absolute Gasteiger partial charge is 0.496 e. The Kier molecular flexibility index (Phi) is 6.39. The molecule has 4 nitrogen and oxygen atoms in total. The van der Waals surface area contributed by atoms with Gasteiger partial charge in [-0.05, 0) is 30.7 Å². The summed E-state index contributed by atoms with van der Waals surface area (Å²) < 4.78 is 19.7. The lowest BCUT2D eigenvalue weighted by atomic mass is 10.0. The lowest BCUT2D eigenvalue weighted by molar-refractivity contribution is 0.0627. The minimum atomic E-state index is -0.475. The number of hydrogen-bond acceptors (Lipinski definition) is 3. The first kappa shape index (κ1) is 19.2. The summed E-state index contributed by atoms with van der Waals surface area (Å²) in [5, 5.41) is 3.30. The Labute approximate surface area is 153 Å². The second-order valence-electron chi connectivity index (χ2n) is 5.94. The van der Waals surface area contributed by atoms with Crippen LogP contribution in [-0.2, 0) is 0 Å². The molecule has 1 amide bonds. The Hall–Kier alpha value is -2.11. The molecule has 0 spiro atoms. The lowest BCUT2D eigenvalue weighted by Gasteiger charge is -2.37. The molecule has 2 aromatic rings. The molecule has 1 atom stereocenters. The smallest absolute Gasteiger partial charge is 0.257 e. The summed E-state index contributed by atoms with van der Waals surface area (Å²) in [6.45, 7) is 3.62. The summed E-state index contributed by atoms with van der Waals surface area (Å²) in [4.78, 5) is 14.7. The van der Waals surface area contributed by atoms with Crippen LogP contribution < -0.4 is 10.1 Å². The molecule has 6 heteroatoms. The topological polar surface area (TPSA) is 41.6 Å². The summed E-state index contributed by atoms with van der Waals surface area (Å²) in [5.74, 6) is -0.0319. The molecule has 0 aromatic heterocycles. The van der Waals surface area contributed by atoms with Crippen molar-refractivity contribution in [2.24, 2.45) is 0 Å². The van der Waals surface area contributed by atoms with E-state index in [9.17, 15) is 9.18 Å². The molecule has 2 aromatic carbocycles. The predicted molar refractivity (Wildman–Crippen MR) is 98.0 cm³/mol. The molecule has 1 heterocycles. The Bertz CT molecular complexity index is 754. The van der Waals surface area contributed by atoms with Gasteiger partial charge in [-0.3, -0.25) is 4.79 Å². The van der Waals surface area contributed by atoms with Crippen LogP contribution in [0.2, 0.25) is 0 Å². The number of aryl methyl sites for hydroxylation is 1. The molecule has 0 aliphatic carbocycles. The molecule has 0 bridgehead atoms. The zero-order chi connectivity index (χ0) is 17.1. The molecular weight excluding hydrogens is 343 g/mol. The highest BCUT2D eigenvalue weighted by Crippen LogP contribution is 2.31. The number of nitrogens with one attached hydrogen (secondary N) is 1. The molecule has 1 fully saturated rings. The average Bonchev–Trinajstić information content (AvgIpc) is 2.61. The van der Waals surface area contributed by atoms with Crippen molar-refractivity contribution in [1.29, 1.82) is 0 Å². The van der Waals surface area contributed by atoms with Crippen molar-refractivity contribution < 1.29 is 13.9 Å². The van der Waals surface area contributed by atoms with E-state index in [-0.39, 0.29) is 29.9 Å². The van der Waals surface area contributed by atoms with Crippen LogP contribution in [0.15, 0.2) is 42.5 Å². The van der Waals surface area contributed by atoms with Crippen molar-refractivity contribution in [2.75, 3.05) is 26.7 Å². The van der Waals surface area contributed by atoms with Crippen molar-refractivity contribution in [3.63, 3.8) is 0 Å². The monoisotopic (exact) mass is 364 g/mol. The number of carbonyl (C=O) groups is 1. The van der Waals surface area contributed by atoms with E-state index in [0.717, 1.165) is 16.9 Å². The van der Waals surface area contributed by atoms with E-state index < -0.39 is 5.82 Å². The Balaban J connectivity index is 0.00000225. The molecular formula is C19H22ClFN2O2. The molecule has 1 N–H and O–H groups in total. The van der Waals surface area contributed by atoms with E-state index in [2.05, 4.69) is 5.32 Å². The zero-order valence-electron chi connectivity index (χ0n) is 14.3. The van der Waals surface area contributed by atoms with Gasteiger partial charge in [-0.1, -0.05) is 24.3 Å². The minimum Gasteiger partial charge on any atom is -0.496 e. The number of hydrogen-bond donors (Lipinski definition) is 1. The first-order valence-corrected chi connectivity index (χ1v) is 8.02. The third kappa shape index (κ3) is 3.94. The van der Waals surface area contributed by atoms with Crippen LogP contribution in [0.1, 0.15) is 27.5 Å². The van der Waals surface area contributed by atoms with Crippen LogP contribution in [-0.4, -0.2) is 37.6 Å². The second kappa shape index (κ2) is 8.32. The predicted octanol–water partition coefficient (Wildman–Crippen LogP) is 3.35. The summed E-state index contributed by atoms with van der Waals surface area (Å²) in [7, 11) is 1.61. The number of nitrogens with zero attached hydrogens (tertiary/aromatic N) is 1. The first-order chi connectivity index (χ1) is 11.6. The zero-order valence-corrected chi connectivity index (χ0v) is 15.1.